The van der Waals surface area contributed by atoms with Gasteiger partial charge in [0.15, 0.2) is 5.78 Å². The summed E-state index contributed by atoms with van der Waals surface area (Å²) in [6, 6.07) is 7.58. The van der Waals surface area contributed by atoms with Crippen LogP contribution in [0.1, 0.15) is 22.3 Å². The zero-order chi connectivity index (χ0) is 12.1. The fourth-order valence-electron chi connectivity index (χ4n) is 1.86. The number of carbonyl (C=O) groups excluding carboxylic acids is 1. The van der Waals surface area contributed by atoms with Gasteiger partial charge in [-0.15, -0.1) is 0 Å². The molecule has 92 valence electrons. The van der Waals surface area contributed by atoms with E-state index in [2.05, 4.69) is 0 Å². The Kier molecular flexibility index (Phi) is 4.29. The molecule has 1 aromatic carbocycles. The molecule has 1 heterocycles. The molecule has 1 fully saturated rings. The van der Waals surface area contributed by atoms with E-state index in [-0.39, 0.29) is 12.4 Å². The van der Waals surface area contributed by atoms with Gasteiger partial charge in [0.1, 0.15) is 6.61 Å². The van der Waals surface area contributed by atoms with Gasteiger partial charge in [-0.1, -0.05) is 29.8 Å². The molecule has 0 aliphatic carbocycles. The largest absolute Gasteiger partial charge is 0.381 e. The van der Waals surface area contributed by atoms with E-state index < -0.39 is 0 Å². The number of aryl methyl sites for hydroxylation is 1. The Labute approximate surface area is 102 Å². The molecule has 17 heavy (non-hydrogen) atoms. The van der Waals surface area contributed by atoms with Crippen molar-refractivity contribution in [3.8, 4) is 0 Å². The second-order valence-corrected chi connectivity index (χ2v) is 4.53. The first-order valence-electron chi connectivity index (χ1n) is 6.01. The summed E-state index contributed by atoms with van der Waals surface area (Å²) in [4.78, 5) is 11.8. The summed E-state index contributed by atoms with van der Waals surface area (Å²) in [6.07, 6.45) is 1.04. The van der Waals surface area contributed by atoms with Gasteiger partial charge in [-0.3, -0.25) is 4.79 Å². The second-order valence-electron chi connectivity index (χ2n) is 4.53. The Bertz CT molecular complexity index is 364. The van der Waals surface area contributed by atoms with Crippen molar-refractivity contribution in [2.24, 2.45) is 5.92 Å². The van der Waals surface area contributed by atoms with Crippen LogP contribution in [0.15, 0.2) is 24.3 Å². The summed E-state index contributed by atoms with van der Waals surface area (Å²) >= 11 is 0. The van der Waals surface area contributed by atoms with Gasteiger partial charge in [0, 0.05) is 18.1 Å². The molecule has 0 amide bonds. The van der Waals surface area contributed by atoms with Crippen molar-refractivity contribution in [3.63, 3.8) is 0 Å². The Hall–Kier alpha value is -1.19. The Morgan fingerprint density at radius 1 is 1.41 bits per heavy atom. The lowest BCUT2D eigenvalue weighted by Crippen LogP contribution is -2.15. The van der Waals surface area contributed by atoms with Gasteiger partial charge in [-0.25, -0.2) is 0 Å². The Balaban J connectivity index is 1.75. The quantitative estimate of drug-likeness (QED) is 0.733. The molecule has 0 bridgehead atoms. The van der Waals surface area contributed by atoms with Gasteiger partial charge in [0.2, 0.25) is 0 Å². The van der Waals surface area contributed by atoms with Crippen LogP contribution >= 0.6 is 0 Å². The van der Waals surface area contributed by atoms with Crippen LogP contribution in [0.5, 0.6) is 0 Å². The highest BCUT2D eigenvalue weighted by molar-refractivity contribution is 5.97. The van der Waals surface area contributed by atoms with Gasteiger partial charge >= 0.3 is 0 Å². The average molecular weight is 234 g/mol. The van der Waals surface area contributed by atoms with Crippen molar-refractivity contribution < 1.29 is 14.3 Å². The van der Waals surface area contributed by atoms with Crippen LogP contribution in [0.4, 0.5) is 0 Å². The number of ether oxygens (including phenoxy) is 2. The van der Waals surface area contributed by atoms with E-state index in [1.165, 1.54) is 0 Å². The van der Waals surface area contributed by atoms with Crippen LogP contribution in [0, 0.1) is 12.8 Å². The van der Waals surface area contributed by atoms with Crippen LogP contribution in [0.3, 0.4) is 0 Å². The fourth-order valence-corrected chi connectivity index (χ4v) is 1.86. The maximum Gasteiger partial charge on any atom is 0.188 e. The van der Waals surface area contributed by atoms with Crippen molar-refractivity contribution in [2.45, 2.75) is 13.3 Å². The Morgan fingerprint density at radius 3 is 2.82 bits per heavy atom. The molecule has 0 saturated carbocycles. The molecule has 1 aliphatic rings. The van der Waals surface area contributed by atoms with Crippen LogP contribution < -0.4 is 0 Å². The maximum absolute atomic E-state index is 11.8. The molecule has 3 heteroatoms. The van der Waals surface area contributed by atoms with Crippen molar-refractivity contribution in [1.29, 1.82) is 0 Å². The smallest absolute Gasteiger partial charge is 0.188 e. The normalized spacial score (nSPS) is 19.5. The zero-order valence-electron chi connectivity index (χ0n) is 10.1. The lowest BCUT2D eigenvalue weighted by molar-refractivity contribution is 0.0652. The highest BCUT2D eigenvalue weighted by atomic mass is 16.5. The molecule has 2 rings (SSSR count). The first kappa shape index (κ1) is 12.3. The third-order valence-electron chi connectivity index (χ3n) is 2.98. The topological polar surface area (TPSA) is 35.5 Å². The van der Waals surface area contributed by atoms with Crippen LogP contribution in [-0.2, 0) is 9.47 Å². The average Bonchev–Trinajstić information content (AvgIpc) is 2.83. The molecule has 3 nitrogen and oxygen atoms in total. The summed E-state index contributed by atoms with van der Waals surface area (Å²) in [6.45, 7) is 4.38. The summed E-state index contributed by atoms with van der Waals surface area (Å²) in [5.41, 5.74) is 1.88. The molecule has 1 atom stereocenters. The van der Waals surface area contributed by atoms with Gasteiger partial charge in [-0.05, 0) is 13.3 Å². The molecule has 1 aromatic rings. The van der Waals surface area contributed by atoms with Crippen LogP contribution in [0.25, 0.3) is 0 Å². The monoisotopic (exact) mass is 234 g/mol. The minimum absolute atomic E-state index is 0.0453. The van der Waals surface area contributed by atoms with E-state index in [4.69, 9.17) is 9.47 Å². The minimum Gasteiger partial charge on any atom is -0.381 e. The van der Waals surface area contributed by atoms with E-state index in [1.807, 2.05) is 31.2 Å². The molecule has 0 spiro atoms. The summed E-state index contributed by atoms with van der Waals surface area (Å²) < 4.78 is 10.7. The van der Waals surface area contributed by atoms with E-state index in [9.17, 15) is 4.79 Å². The SMILES string of the molecule is Cc1ccc(C(=O)COCC2CCOC2)cc1. The van der Waals surface area contributed by atoms with Gasteiger partial charge < -0.3 is 9.47 Å². The molecule has 0 radical (unpaired) electrons. The number of carbonyl (C=O) groups is 1. The maximum atomic E-state index is 11.8. The standard InChI is InChI=1S/C14H18O3/c1-11-2-4-13(5-3-11)14(15)10-17-9-12-6-7-16-8-12/h2-5,12H,6-10H2,1H3. The van der Waals surface area contributed by atoms with Crippen molar-refractivity contribution >= 4 is 5.78 Å². The van der Waals surface area contributed by atoms with Crippen molar-refractivity contribution in [1.82, 2.24) is 0 Å². The van der Waals surface area contributed by atoms with Crippen LogP contribution in [0.2, 0.25) is 0 Å². The minimum atomic E-state index is 0.0453. The number of hydrogen-bond acceptors (Lipinski definition) is 3. The molecular formula is C14H18O3. The third-order valence-corrected chi connectivity index (χ3v) is 2.98. The van der Waals surface area contributed by atoms with Gasteiger partial charge in [0.05, 0.1) is 13.2 Å². The highest BCUT2D eigenvalue weighted by Crippen LogP contribution is 2.12. The lowest BCUT2D eigenvalue weighted by atomic mass is 10.1. The number of ketones is 1. The predicted molar refractivity (Wildman–Crippen MR) is 65.3 cm³/mol. The van der Waals surface area contributed by atoms with E-state index in [0.717, 1.165) is 30.8 Å². The summed E-state index contributed by atoms with van der Waals surface area (Å²) in [5.74, 6) is 0.504. The zero-order valence-corrected chi connectivity index (χ0v) is 10.1. The molecular weight excluding hydrogens is 216 g/mol. The highest BCUT2D eigenvalue weighted by Gasteiger charge is 2.16. The van der Waals surface area contributed by atoms with Gasteiger partial charge in [0.25, 0.3) is 0 Å². The summed E-state index contributed by atoms with van der Waals surface area (Å²) in [5, 5.41) is 0. The molecule has 1 aliphatic heterocycles. The first-order valence-corrected chi connectivity index (χ1v) is 6.01. The predicted octanol–water partition coefficient (Wildman–Crippen LogP) is 2.23. The van der Waals surface area contributed by atoms with Crippen molar-refractivity contribution in [3.05, 3.63) is 35.4 Å². The fraction of sp³-hybridized carbons (Fsp3) is 0.500. The number of benzene rings is 1. The first-order chi connectivity index (χ1) is 8.25. The number of Topliss-reactive ketones (excluding diaryl/α,β-unsaturated/α-hetero) is 1. The molecule has 1 unspecified atom stereocenters. The van der Waals surface area contributed by atoms with Crippen LogP contribution in [-0.4, -0.2) is 32.2 Å². The van der Waals surface area contributed by atoms with E-state index in [0.29, 0.717) is 12.5 Å². The van der Waals surface area contributed by atoms with Crippen molar-refractivity contribution in [2.75, 3.05) is 26.4 Å². The number of rotatable bonds is 5. The lowest BCUT2D eigenvalue weighted by Gasteiger charge is -2.08. The Morgan fingerprint density at radius 2 is 2.18 bits per heavy atom. The molecule has 0 N–H and O–H groups in total. The summed E-state index contributed by atoms with van der Waals surface area (Å²) in [7, 11) is 0. The van der Waals surface area contributed by atoms with E-state index >= 15 is 0 Å². The number of hydrogen-bond donors (Lipinski definition) is 0. The van der Waals surface area contributed by atoms with E-state index in [1.54, 1.807) is 0 Å². The van der Waals surface area contributed by atoms with Gasteiger partial charge in [-0.2, -0.15) is 0 Å². The second kappa shape index (κ2) is 5.94. The molecule has 1 saturated heterocycles. The third kappa shape index (κ3) is 3.65. The molecule has 0 aromatic heterocycles.